The highest BCUT2D eigenvalue weighted by molar-refractivity contribution is 5.94. The van der Waals surface area contributed by atoms with E-state index in [9.17, 15) is 4.79 Å². The topological polar surface area (TPSA) is 42.0 Å². The number of hydrogen-bond donors (Lipinski definition) is 1. The highest BCUT2D eigenvalue weighted by Crippen LogP contribution is 2.16. The summed E-state index contributed by atoms with van der Waals surface area (Å²) < 4.78 is 0. The Balaban J connectivity index is 1.82. The first-order chi connectivity index (χ1) is 10.6. The fourth-order valence-electron chi connectivity index (χ4n) is 2.34. The van der Waals surface area contributed by atoms with Crippen molar-refractivity contribution < 1.29 is 4.79 Å². The Morgan fingerprint density at radius 3 is 2.41 bits per heavy atom. The third-order valence-electron chi connectivity index (χ3n) is 3.90. The van der Waals surface area contributed by atoms with E-state index in [0.717, 1.165) is 17.7 Å². The summed E-state index contributed by atoms with van der Waals surface area (Å²) in [5, 5.41) is 2.98. The van der Waals surface area contributed by atoms with Crippen molar-refractivity contribution in [3.05, 3.63) is 65.5 Å². The first-order valence-corrected chi connectivity index (χ1v) is 7.87. The molecule has 3 nitrogen and oxygen atoms in total. The van der Waals surface area contributed by atoms with E-state index in [2.05, 4.69) is 31.1 Å². The zero-order valence-corrected chi connectivity index (χ0v) is 13.5. The maximum absolute atomic E-state index is 12.1. The van der Waals surface area contributed by atoms with Crippen molar-refractivity contribution in [1.82, 2.24) is 10.3 Å². The molecule has 116 valence electrons. The lowest BCUT2D eigenvalue weighted by Gasteiger charge is -2.12. The summed E-state index contributed by atoms with van der Waals surface area (Å²) in [5.41, 5.74) is 3.04. The minimum absolute atomic E-state index is 0.0106. The summed E-state index contributed by atoms with van der Waals surface area (Å²) >= 11 is 0. The summed E-state index contributed by atoms with van der Waals surface area (Å²) in [7, 11) is 0. The molecule has 0 saturated carbocycles. The quantitative estimate of drug-likeness (QED) is 0.871. The molecule has 0 aliphatic rings. The molecule has 1 aromatic carbocycles. The molecule has 1 unspecified atom stereocenters. The number of carbonyl (C=O) groups excluding carboxylic acids is 1. The standard InChI is InChI=1S/C19H24N2O/c1-14(2)16-7-9-17(10-8-16)19(22)21-13-11-15(3)18-6-4-5-12-20-18/h4-10,12,14-15H,11,13H2,1-3H3,(H,21,22). The van der Waals surface area contributed by atoms with E-state index in [0.29, 0.717) is 18.4 Å². The van der Waals surface area contributed by atoms with Gasteiger partial charge in [-0.15, -0.1) is 0 Å². The summed E-state index contributed by atoms with van der Waals surface area (Å²) in [6, 6.07) is 13.8. The molecule has 1 aromatic heterocycles. The maximum atomic E-state index is 12.1. The van der Waals surface area contributed by atoms with Gasteiger partial charge in [0.25, 0.3) is 5.91 Å². The third-order valence-corrected chi connectivity index (χ3v) is 3.90. The summed E-state index contributed by atoms with van der Waals surface area (Å²) in [5.74, 6) is 0.810. The van der Waals surface area contributed by atoms with Gasteiger partial charge in [-0.05, 0) is 42.2 Å². The maximum Gasteiger partial charge on any atom is 0.251 e. The predicted molar refractivity (Wildman–Crippen MR) is 90.1 cm³/mol. The Labute approximate surface area is 132 Å². The first-order valence-electron chi connectivity index (χ1n) is 7.87. The molecule has 0 fully saturated rings. The minimum atomic E-state index is -0.0106. The van der Waals surface area contributed by atoms with E-state index < -0.39 is 0 Å². The number of hydrogen-bond acceptors (Lipinski definition) is 2. The third kappa shape index (κ3) is 4.42. The van der Waals surface area contributed by atoms with Crippen molar-refractivity contribution in [2.24, 2.45) is 0 Å². The van der Waals surface area contributed by atoms with Gasteiger partial charge in [-0.3, -0.25) is 9.78 Å². The average molecular weight is 296 g/mol. The van der Waals surface area contributed by atoms with Gasteiger partial charge in [0.2, 0.25) is 0 Å². The number of benzene rings is 1. The molecule has 1 N–H and O–H groups in total. The van der Waals surface area contributed by atoms with Crippen LogP contribution >= 0.6 is 0 Å². The molecule has 3 heteroatoms. The van der Waals surface area contributed by atoms with Crippen molar-refractivity contribution in [2.75, 3.05) is 6.54 Å². The molecule has 0 spiro atoms. The lowest BCUT2D eigenvalue weighted by atomic mass is 10.0. The van der Waals surface area contributed by atoms with Gasteiger partial charge in [0, 0.05) is 29.9 Å². The number of carbonyl (C=O) groups is 1. The molecule has 22 heavy (non-hydrogen) atoms. The number of amides is 1. The molecule has 0 radical (unpaired) electrons. The summed E-state index contributed by atoms with van der Waals surface area (Å²) in [6.07, 6.45) is 2.69. The van der Waals surface area contributed by atoms with E-state index in [1.807, 2.05) is 42.5 Å². The SMILES string of the molecule is CC(C)c1ccc(C(=O)NCCC(C)c2ccccn2)cc1. The van der Waals surface area contributed by atoms with E-state index in [4.69, 9.17) is 0 Å². The number of pyridine rings is 1. The number of aromatic nitrogens is 1. The molecular formula is C19H24N2O. The normalized spacial score (nSPS) is 12.2. The van der Waals surface area contributed by atoms with Gasteiger partial charge in [-0.1, -0.05) is 39.0 Å². The smallest absolute Gasteiger partial charge is 0.251 e. The fraction of sp³-hybridized carbons (Fsp3) is 0.368. The number of rotatable bonds is 6. The van der Waals surface area contributed by atoms with Crippen LogP contribution in [-0.2, 0) is 0 Å². The number of nitrogens with zero attached hydrogens (tertiary/aromatic N) is 1. The van der Waals surface area contributed by atoms with Gasteiger partial charge >= 0.3 is 0 Å². The lowest BCUT2D eigenvalue weighted by Crippen LogP contribution is -2.25. The van der Waals surface area contributed by atoms with Crippen molar-refractivity contribution in [3.63, 3.8) is 0 Å². The molecule has 1 heterocycles. The summed E-state index contributed by atoms with van der Waals surface area (Å²) in [6.45, 7) is 7.08. The van der Waals surface area contributed by atoms with Crippen LogP contribution in [0.15, 0.2) is 48.7 Å². The Bertz CT molecular complexity index is 591. The van der Waals surface area contributed by atoms with Crippen molar-refractivity contribution in [2.45, 2.75) is 39.0 Å². The number of nitrogens with one attached hydrogen (secondary N) is 1. The molecule has 1 amide bonds. The van der Waals surface area contributed by atoms with Crippen LogP contribution in [0.25, 0.3) is 0 Å². The monoisotopic (exact) mass is 296 g/mol. The molecule has 1 atom stereocenters. The van der Waals surface area contributed by atoms with E-state index in [1.165, 1.54) is 5.56 Å². The van der Waals surface area contributed by atoms with Crippen molar-refractivity contribution in [3.8, 4) is 0 Å². The lowest BCUT2D eigenvalue weighted by molar-refractivity contribution is 0.0952. The van der Waals surface area contributed by atoms with Crippen molar-refractivity contribution in [1.29, 1.82) is 0 Å². The van der Waals surface area contributed by atoms with Crippen LogP contribution in [0, 0.1) is 0 Å². The molecule has 0 saturated heterocycles. The Morgan fingerprint density at radius 1 is 1.09 bits per heavy atom. The van der Waals surface area contributed by atoms with Gasteiger partial charge in [0.1, 0.15) is 0 Å². The van der Waals surface area contributed by atoms with E-state index in [1.54, 1.807) is 6.20 Å². The van der Waals surface area contributed by atoms with Crippen LogP contribution in [0.5, 0.6) is 0 Å². The largest absolute Gasteiger partial charge is 0.352 e. The second-order valence-electron chi connectivity index (χ2n) is 5.98. The Morgan fingerprint density at radius 2 is 1.82 bits per heavy atom. The molecular weight excluding hydrogens is 272 g/mol. The highest BCUT2D eigenvalue weighted by Gasteiger charge is 2.09. The van der Waals surface area contributed by atoms with Crippen LogP contribution in [0.1, 0.15) is 60.6 Å². The van der Waals surface area contributed by atoms with Crippen LogP contribution in [0.2, 0.25) is 0 Å². The predicted octanol–water partition coefficient (Wildman–Crippen LogP) is 4.13. The Kier molecular flexibility index (Phi) is 5.70. The van der Waals surface area contributed by atoms with Gasteiger partial charge in [0.05, 0.1) is 0 Å². The fourth-order valence-corrected chi connectivity index (χ4v) is 2.34. The van der Waals surface area contributed by atoms with Crippen molar-refractivity contribution >= 4 is 5.91 Å². The van der Waals surface area contributed by atoms with E-state index in [-0.39, 0.29) is 5.91 Å². The molecule has 0 aliphatic carbocycles. The highest BCUT2D eigenvalue weighted by atomic mass is 16.1. The molecule has 2 aromatic rings. The van der Waals surface area contributed by atoms with Crippen LogP contribution < -0.4 is 5.32 Å². The first kappa shape index (κ1) is 16.2. The average Bonchev–Trinajstić information content (AvgIpc) is 2.55. The van der Waals surface area contributed by atoms with Gasteiger partial charge in [-0.2, -0.15) is 0 Å². The second kappa shape index (κ2) is 7.74. The van der Waals surface area contributed by atoms with Crippen LogP contribution in [0.3, 0.4) is 0 Å². The van der Waals surface area contributed by atoms with Crippen LogP contribution in [-0.4, -0.2) is 17.4 Å². The van der Waals surface area contributed by atoms with E-state index >= 15 is 0 Å². The van der Waals surface area contributed by atoms with Crippen LogP contribution in [0.4, 0.5) is 0 Å². The van der Waals surface area contributed by atoms with Gasteiger partial charge in [-0.25, -0.2) is 0 Å². The molecule has 2 rings (SSSR count). The second-order valence-corrected chi connectivity index (χ2v) is 5.98. The zero-order valence-electron chi connectivity index (χ0n) is 13.5. The molecule has 0 bridgehead atoms. The molecule has 0 aliphatic heterocycles. The summed E-state index contributed by atoms with van der Waals surface area (Å²) in [4.78, 5) is 16.5. The minimum Gasteiger partial charge on any atom is -0.352 e. The van der Waals surface area contributed by atoms with Gasteiger partial charge in [0.15, 0.2) is 0 Å². The Hall–Kier alpha value is -2.16. The van der Waals surface area contributed by atoms with Gasteiger partial charge < -0.3 is 5.32 Å². The zero-order chi connectivity index (χ0) is 15.9.